The SMILES string of the molecule is C=C1C(c2ccccc2)Cc2nc(=O)c3ccccc3n21. The summed E-state index contributed by atoms with van der Waals surface area (Å²) in [5, 5.41) is 0.649. The van der Waals surface area contributed by atoms with Crippen LogP contribution < -0.4 is 5.56 Å². The van der Waals surface area contributed by atoms with Crippen molar-refractivity contribution < 1.29 is 0 Å². The highest BCUT2D eigenvalue weighted by Crippen LogP contribution is 2.37. The molecule has 0 saturated carbocycles. The molecular formula is C18H14N2O. The largest absolute Gasteiger partial charge is 0.301 e. The van der Waals surface area contributed by atoms with Crippen molar-refractivity contribution in [3.8, 4) is 0 Å². The van der Waals surface area contributed by atoms with Gasteiger partial charge in [0.25, 0.3) is 5.56 Å². The van der Waals surface area contributed by atoms with E-state index >= 15 is 0 Å². The molecular weight excluding hydrogens is 260 g/mol. The summed E-state index contributed by atoms with van der Waals surface area (Å²) in [6, 6.07) is 17.8. The molecule has 1 unspecified atom stereocenters. The Morgan fingerprint density at radius 2 is 1.76 bits per heavy atom. The Bertz CT molecular complexity index is 909. The lowest BCUT2D eigenvalue weighted by molar-refractivity contribution is 0.864. The molecule has 21 heavy (non-hydrogen) atoms. The molecule has 102 valence electrons. The van der Waals surface area contributed by atoms with Crippen LogP contribution in [0, 0.1) is 0 Å². The molecule has 0 amide bonds. The van der Waals surface area contributed by atoms with Crippen LogP contribution in [-0.4, -0.2) is 9.55 Å². The Labute approximate surface area is 122 Å². The third-order valence-corrected chi connectivity index (χ3v) is 4.14. The molecule has 3 nitrogen and oxygen atoms in total. The Kier molecular flexibility index (Phi) is 2.54. The number of hydrogen-bond donors (Lipinski definition) is 0. The van der Waals surface area contributed by atoms with Crippen molar-refractivity contribution in [2.45, 2.75) is 12.3 Å². The molecule has 4 rings (SSSR count). The summed E-state index contributed by atoms with van der Waals surface area (Å²) in [5.74, 6) is 0.987. The minimum absolute atomic E-state index is 0.154. The van der Waals surface area contributed by atoms with E-state index in [1.807, 2.05) is 47.0 Å². The van der Waals surface area contributed by atoms with Gasteiger partial charge in [-0.3, -0.25) is 4.79 Å². The first-order valence-corrected chi connectivity index (χ1v) is 7.00. The molecule has 0 aliphatic carbocycles. The predicted molar refractivity (Wildman–Crippen MR) is 84.2 cm³/mol. The molecule has 2 heterocycles. The standard InChI is InChI=1S/C18H14N2O/c1-12-15(13-7-3-2-4-8-13)11-17-19-18(21)14-9-5-6-10-16(14)20(12)17/h2-10,15H,1,11H2. The maximum atomic E-state index is 12.1. The van der Waals surface area contributed by atoms with Gasteiger partial charge in [-0.05, 0) is 17.7 Å². The van der Waals surface area contributed by atoms with Crippen LogP contribution in [0.4, 0.5) is 0 Å². The molecule has 1 atom stereocenters. The van der Waals surface area contributed by atoms with Crippen LogP contribution in [0.5, 0.6) is 0 Å². The highest BCUT2D eigenvalue weighted by Gasteiger charge is 2.29. The third-order valence-electron chi connectivity index (χ3n) is 4.14. The second kappa shape index (κ2) is 4.42. The van der Waals surface area contributed by atoms with Crippen molar-refractivity contribution in [3.05, 3.63) is 82.9 Å². The highest BCUT2D eigenvalue weighted by molar-refractivity contribution is 5.83. The number of fused-ring (bicyclic) bond motifs is 3. The first kappa shape index (κ1) is 12.1. The third kappa shape index (κ3) is 1.74. The fourth-order valence-electron chi connectivity index (χ4n) is 3.13. The summed E-state index contributed by atoms with van der Waals surface area (Å²) in [7, 11) is 0. The van der Waals surface area contributed by atoms with E-state index in [1.54, 1.807) is 0 Å². The molecule has 1 aliphatic rings. The quantitative estimate of drug-likeness (QED) is 0.683. The lowest BCUT2D eigenvalue weighted by atomic mass is 9.95. The summed E-state index contributed by atoms with van der Waals surface area (Å²) >= 11 is 0. The normalized spacial score (nSPS) is 17.1. The number of allylic oxidation sites excluding steroid dienone is 1. The molecule has 0 radical (unpaired) electrons. The molecule has 0 bridgehead atoms. The van der Waals surface area contributed by atoms with Gasteiger partial charge in [-0.25, -0.2) is 0 Å². The fraction of sp³-hybridized carbons (Fsp3) is 0.111. The van der Waals surface area contributed by atoms with Crippen molar-refractivity contribution in [3.63, 3.8) is 0 Å². The van der Waals surface area contributed by atoms with E-state index in [4.69, 9.17) is 0 Å². The Balaban J connectivity index is 1.95. The van der Waals surface area contributed by atoms with E-state index in [9.17, 15) is 4.79 Å². The van der Waals surface area contributed by atoms with Gasteiger partial charge in [0, 0.05) is 18.0 Å². The fourth-order valence-corrected chi connectivity index (χ4v) is 3.13. The van der Waals surface area contributed by atoms with Gasteiger partial charge < -0.3 is 4.57 Å². The Morgan fingerprint density at radius 3 is 2.57 bits per heavy atom. The smallest absolute Gasteiger partial charge is 0.280 e. The van der Waals surface area contributed by atoms with Gasteiger partial charge in [0.1, 0.15) is 5.82 Å². The number of para-hydroxylation sites is 1. The van der Waals surface area contributed by atoms with Crippen molar-refractivity contribution in [1.82, 2.24) is 9.55 Å². The number of rotatable bonds is 1. The second-order valence-corrected chi connectivity index (χ2v) is 5.34. The van der Waals surface area contributed by atoms with E-state index in [0.29, 0.717) is 5.39 Å². The Morgan fingerprint density at radius 1 is 1.05 bits per heavy atom. The molecule has 0 fully saturated rings. The number of aromatic nitrogens is 2. The van der Waals surface area contributed by atoms with Crippen molar-refractivity contribution in [1.29, 1.82) is 0 Å². The van der Waals surface area contributed by atoms with Gasteiger partial charge >= 0.3 is 0 Å². The van der Waals surface area contributed by atoms with Gasteiger partial charge in [-0.2, -0.15) is 4.98 Å². The van der Waals surface area contributed by atoms with Crippen molar-refractivity contribution in [2.24, 2.45) is 0 Å². The molecule has 0 N–H and O–H groups in total. The van der Waals surface area contributed by atoms with Gasteiger partial charge in [0.2, 0.25) is 0 Å². The van der Waals surface area contributed by atoms with Crippen LogP contribution in [0.25, 0.3) is 16.6 Å². The van der Waals surface area contributed by atoms with Crippen LogP contribution in [-0.2, 0) is 6.42 Å². The van der Waals surface area contributed by atoms with Crippen LogP contribution in [0.1, 0.15) is 17.3 Å². The lowest BCUT2D eigenvalue weighted by Gasteiger charge is -2.13. The van der Waals surface area contributed by atoms with Gasteiger partial charge in [-0.15, -0.1) is 0 Å². The molecule has 3 aromatic rings. The summed E-state index contributed by atoms with van der Waals surface area (Å²) < 4.78 is 2.04. The van der Waals surface area contributed by atoms with E-state index in [-0.39, 0.29) is 11.5 Å². The molecule has 1 aromatic heterocycles. The maximum absolute atomic E-state index is 12.1. The summed E-state index contributed by atoms with van der Waals surface area (Å²) in [6.45, 7) is 4.25. The average Bonchev–Trinajstić information content (AvgIpc) is 2.85. The zero-order valence-electron chi connectivity index (χ0n) is 11.5. The molecule has 2 aromatic carbocycles. The predicted octanol–water partition coefficient (Wildman–Crippen LogP) is 3.21. The van der Waals surface area contributed by atoms with Gasteiger partial charge in [0.05, 0.1) is 10.9 Å². The molecule has 0 spiro atoms. The van der Waals surface area contributed by atoms with Crippen LogP contribution >= 0.6 is 0 Å². The van der Waals surface area contributed by atoms with E-state index in [2.05, 4.69) is 23.7 Å². The molecule has 1 aliphatic heterocycles. The van der Waals surface area contributed by atoms with Crippen LogP contribution in [0.2, 0.25) is 0 Å². The molecule has 3 heteroatoms. The minimum Gasteiger partial charge on any atom is -0.301 e. The first-order valence-electron chi connectivity index (χ1n) is 7.00. The van der Waals surface area contributed by atoms with E-state index in [0.717, 1.165) is 23.5 Å². The molecule has 0 saturated heterocycles. The average molecular weight is 274 g/mol. The van der Waals surface area contributed by atoms with Crippen molar-refractivity contribution in [2.75, 3.05) is 0 Å². The first-order chi connectivity index (χ1) is 10.3. The Hall–Kier alpha value is -2.68. The zero-order chi connectivity index (χ0) is 14.4. The van der Waals surface area contributed by atoms with E-state index < -0.39 is 0 Å². The lowest BCUT2D eigenvalue weighted by Crippen LogP contribution is -2.14. The highest BCUT2D eigenvalue weighted by atomic mass is 16.1. The summed E-state index contributed by atoms with van der Waals surface area (Å²) in [5.41, 5.74) is 2.94. The van der Waals surface area contributed by atoms with Crippen LogP contribution in [0.3, 0.4) is 0 Å². The minimum atomic E-state index is -0.154. The summed E-state index contributed by atoms with van der Waals surface area (Å²) in [6.07, 6.45) is 0.725. The number of hydrogen-bond acceptors (Lipinski definition) is 2. The second-order valence-electron chi connectivity index (χ2n) is 5.34. The number of benzene rings is 2. The maximum Gasteiger partial charge on any atom is 0.280 e. The summed E-state index contributed by atoms with van der Waals surface area (Å²) in [4.78, 5) is 16.4. The van der Waals surface area contributed by atoms with Gasteiger partial charge in [0.15, 0.2) is 0 Å². The monoisotopic (exact) mass is 274 g/mol. The zero-order valence-corrected chi connectivity index (χ0v) is 11.5. The van der Waals surface area contributed by atoms with Crippen molar-refractivity contribution >= 4 is 16.6 Å². The van der Waals surface area contributed by atoms with E-state index in [1.165, 1.54) is 5.56 Å². The van der Waals surface area contributed by atoms with Gasteiger partial charge in [-0.1, -0.05) is 49.0 Å². The number of nitrogens with zero attached hydrogens (tertiary/aromatic N) is 2. The van der Waals surface area contributed by atoms with Crippen LogP contribution in [0.15, 0.2) is 66.0 Å². The topological polar surface area (TPSA) is 34.9 Å².